The summed E-state index contributed by atoms with van der Waals surface area (Å²) in [6.07, 6.45) is 1.10. The number of benzene rings is 1. The van der Waals surface area contributed by atoms with E-state index in [4.69, 9.17) is 29.9 Å². The number of carbonyl (C=O) groups excluding carboxylic acids is 3. The summed E-state index contributed by atoms with van der Waals surface area (Å²) in [6.45, 7) is 7.18. The average Bonchev–Trinajstić information content (AvgIpc) is 3.23. The molecular weight excluding hydrogens is 600 g/mol. The first kappa shape index (κ1) is 32.2. The number of rotatable bonds is 2. The number of aromatic nitrogens is 2. The van der Waals surface area contributed by atoms with E-state index in [0.29, 0.717) is 54.0 Å². The van der Waals surface area contributed by atoms with Crippen molar-refractivity contribution in [3.8, 4) is 11.6 Å². The summed E-state index contributed by atoms with van der Waals surface area (Å²) in [5, 5.41) is 2.71. The van der Waals surface area contributed by atoms with Crippen molar-refractivity contribution in [3.63, 3.8) is 0 Å². The molecule has 13 heteroatoms. The molecule has 46 heavy (non-hydrogen) atoms. The first-order valence-electron chi connectivity index (χ1n) is 16.2. The minimum Gasteiger partial charge on any atom is -0.497 e. The number of carbonyl (C=O) groups is 3. The van der Waals surface area contributed by atoms with Crippen LogP contribution in [0, 0.1) is 29.1 Å². The van der Waals surface area contributed by atoms with Gasteiger partial charge >= 0.3 is 6.09 Å². The normalized spacial score (nSPS) is 33.0. The number of alkyl carbamates (subject to hydrolysis) is 1. The molecule has 2 unspecified atom stereocenters. The SMILES string of the molecule is COc1ccc2nc3c(nc2c1)O[C@H]1CN(C(=O)[C@H](C(C)(C)C)NC(=O)O[C@@H]2CC4C([C@H]2CCCCC3)C4(F)F)[C@H](C(N)=O)[C@@H]1C. The molecule has 2 saturated carbocycles. The van der Waals surface area contributed by atoms with Crippen molar-refractivity contribution in [2.45, 2.75) is 96.4 Å². The van der Waals surface area contributed by atoms with Crippen molar-refractivity contribution >= 4 is 28.9 Å². The molecule has 1 aromatic heterocycles. The van der Waals surface area contributed by atoms with Crippen LogP contribution in [0.3, 0.4) is 0 Å². The molecule has 0 spiro atoms. The lowest BCUT2D eigenvalue weighted by Gasteiger charge is -2.35. The highest BCUT2D eigenvalue weighted by atomic mass is 19.3. The lowest BCUT2D eigenvalue weighted by molar-refractivity contribution is -0.141. The van der Waals surface area contributed by atoms with E-state index in [1.807, 2.05) is 6.07 Å². The molecule has 11 nitrogen and oxygen atoms in total. The third kappa shape index (κ3) is 5.81. The number of primary amides is 1. The fraction of sp³-hybridized carbons (Fsp3) is 0.667. The maximum atomic E-state index is 14.5. The number of amides is 3. The molecule has 3 fully saturated rings. The van der Waals surface area contributed by atoms with E-state index in [1.165, 1.54) is 4.90 Å². The summed E-state index contributed by atoms with van der Waals surface area (Å²) in [7, 11) is 1.56. The smallest absolute Gasteiger partial charge is 0.408 e. The Labute approximate surface area is 266 Å². The quantitative estimate of drug-likeness (QED) is 0.494. The zero-order valence-electron chi connectivity index (χ0n) is 26.9. The fourth-order valence-electron chi connectivity index (χ4n) is 7.74. The molecule has 3 heterocycles. The second kappa shape index (κ2) is 11.8. The maximum absolute atomic E-state index is 14.5. The Morgan fingerprint density at radius 2 is 1.87 bits per heavy atom. The molecule has 250 valence electrons. The zero-order valence-corrected chi connectivity index (χ0v) is 26.9. The van der Waals surface area contributed by atoms with Gasteiger partial charge in [0.2, 0.25) is 17.7 Å². The van der Waals surface area contributed by atoms with Crippen LogP contribution in [-0.2, 0) is 20.7 Å². The van der Waals surface area contributed by atoms with E-state index < -0.39 is 77.2 Å². The molecule has 1 saturated heterocycles. The molecule has 6 rings (SSSR count). The van der Waals surface area contributed by atoms with Gasteiger partial charge < -0.3 is 30.2 Å². The minimum absolute atomic E-state index is 0.0251. The molecular formula is C33H43F2N5O6. The number of hydrogen-bond donors (Lipinski definition) is 2. The summed E-state index contributed by atoms with van der Waals surface area (Å²) < 4.78 is 46.7. The summed E-state index contributed by atoms with van der Waals surface area (Å²) in [6, 6.07) is 3.28. The highest BCUT2D eigenvalue weighted by Crippen LogP contribution is 2.68. The minimum atomic E-state index is -2.75. The molecule has 2 bridgehead atoms. The number of aryl methyl sites for hydroxylation is 1. The van der Waals surface area contributed by atoms with Crippen LogP contribution < -0.4 is 20.5 Å². The van der Waals surface area contributed by atoms with Crippen LogP contribution in [0.25, 0.3) is 11.0 Å². The van der Waals surface area contributed by atoms with Gasteiger partial charge in [-0.1, -0.05) is 40.5 Å². The van der Waals surface area contributed by atoms with Crippen LogP contribution in [0.5, 0.6) is 11.6 Å². The monoisotopic (exact) mass is 643 g/mol. The van der Waals surface area contributed by atoms with E-state index in [-0.39, 0.29) is 13.0 Å². The summed E-state index contributed by atoms with van der Waals surface area (Å²) in [4.78, 5) is 51.2. The molecule has 2 aromatic rings. The Bertz CT molecular complexity index is 1530. The van der Waals surface area contributed by atoms with Gasteiger partial charge in [-0.05, 0) is 43.2 Å². The van der Waals surface area contributed by atoms with E-state index in [1.54, 1.807) is 46.9 Å². The first-order chi connectivity index (χ1) is 21.7. The summed E-state index contributed by atoms with van der Waals surface area (Å²) in [5.41, 5.74) is 6.91. The number of nitrogens with one attached hydrogen (secondary N) is 1. The molecule has 2 aliphatic heterocycles. The van der Waals surface area contributed by atoms with Gasteiger partial charge in [-0.2, -0.15) is 0 Å². The predicted octanol–water partition coefficient (Wildman–Crippen LogP) is 4.25. The van der Waals surface area contributed by atoms with E-state index >= 15 is 0 Å². The molecule has 4 aliphatic rings. The van der Waals surface area contributed by atoms with E-state index in [9.17, 15) is 23.2 Å². The highest BCUT2D eigenvalue weighted by Gasteiger charge is 2.76. The highest BCUT2D eigenvalue weighted by molar-refractivity contribution is 5.92. The van der Waals surface area contributed by atoms with Gasteiger partial charge in [0.25, 0.3) is 5.92 Å². The van der Waals surface area contributed by atoms with Gasteiger partial charge in [0.1, 0.15) is 35.7 Å². The predicted molar refractivity (Wildman–Crippen MR) is 163 cm³/mol. The summed E-state index contributed by atoms with van der Waals surface area (Å²) >= 11 is 0. The second-order valence-corrected chi connectivity index (χ2v) is 14.4. The third-order valence-corrected chi connectivity index (χ3v) is 10.3. The first-order valence-corrected chi connectivity index (χ1v) is 16.2. The van der Waals surface area contributed by atoms with E-state index in [0.717, 1.165) is 6.42 Å². The number of nitrogens with two attached hydrogens (primary N) is 1. The third-order valence-electron chi connectivity index (χ3n) is 10.3. The summed E-state index contributed by atoms with van der Waals surface area (Å²) in [5.74, 6) is -5.63. The molecule has 3 amide bonds. The fourth-order valence-corrected chi connectivity index (χ4v) is 7.74. The van der Waals surface area contributed by atoms with Crippen molar-refractivity contribution in [1.82, 2.24) is 20.2 Å². The van der Waals surface area contributed by atoms with Crippen molar-refractivity contribution < 1.29 is 37.4 Å². The second-order valence-electron chi connectivity index (χ2n) is 14.4. The van der Waals surface area contributed by atoms with Crippen molar-refractivity contribution in [3.05, 3.63) is 23.9 Å². The Hall–Kier alpha value is -3.77. The van der Waals surface area contributed by atoms with Crippen LogP contribution in [-0.4, -0.2) is 76.6 Å². The lowest BCUT2D eigenvalue weighted by atomic mass is 9.85. The topological polar surface area (TPSA) is 146 Å². The molecule has 0 radical (unpaired) electrons. The number of nitrogens with zero attached hydrogens (tertiary/aromatic N) is 3. The molecule has 2 aliphatic carbocycles. The van der Waals surface area contributed by atoms with Gasteiger partial charge in [-0.25, -0.2) is 23.5 Å². The van der Waals surface area contributed by atoms with Gasteiger partial charge in [0, 0.05) is 29.7 Å². The number of fused-ring (bicyclic) bond motifs is 7. The largest absolute Gasteiger partial charge is 0.497 e. The number of methoxy groups -OCH3 is 1. The average molecular weight is 644 g/mol. The van der Waals surface area contributed by atoms with Gasteiger partial charge in [-0.15, -0.1) is 0 Å². The van der Waals surface area contributed by atoms with Crippen LogP contribution in [0.4, 0.5) is 13.6 Å². The number of halogens is 2. The van der Waals surface area contributed by atoms with Crippen molar-refractivity contribution in [2.75, 3.05) is 13.7 Å². The Morgan fingerprint density at radius 1 is 1.11 bits per heavy atom. The number of alkyl halides is 2. The van der Waals surface area contributed by atoms with Gasteiger partial charge in [0.15, 0.2) is 0 Å². The Balaban J connectivity index is 1.36. The number of hydrogen-bond acceptors (Lipinski definition) is 8. The van der Waals surface area contributed by atoms with Gasteiger partial charge in [-0.3, -0.25) is 9.59 Å². The van der Waals surface area contributed by atoms with Crippen LogP contribution in [0.1, 0.15) is 65.5 Å². The van der Waals surface area contributed by atoms with Crippen LogP contribution in [0.2, 0.25) is 0 Å². The van der Waals surface area contributed by atoms with Gasteiger partial charge in [0.05, 0.1) is 24.7 Å². The van der Waals surface area contributed by atoms with Crippen molar-refractivity contribution in [2.24, 2.45) is 34.8 Å². The number of ether oxygens (including phenoxy) is 3. The molecule has 1 aromatic carbocycles. The Kier molecular flexibility index (Phi) is 8.25. The standard InChI is InChI=1S/C33H43F2N5O6/c1-16-24-15-40(26(16)28(36)41)30(42)27(32(2,3)4)39-31(43)46-23-14-19-25(33(19,34)35)18(23)9-7-6-8-10-21-29(45-24)38-22-13-17(44-5)11-12-20(22)37-21/h11-13,16,18-19,23-27H,6-10,14-15H2,1-5H3,(H2,36,41)(H,39,43)/t16-,18+,19?,23-,24+,25?,26+,27-/m1/s1. The molecule has 8 atom stereocenters. The Morgan fingerprint density at radius 3 is 2.57 bits per heavy atom. The van der Waals surface area contributed by atoms with E-state index in [2.05, 4.69) is 5.32 Å². The van der Waals surface area contributed by atoms with Crippen LogP contribution in [0.15, 0.2) is 18.2 Å². The van der Waals surface area contributed by atoms with Crippen molar-refractivity contribution in [1.29, 1.82) is 0 Å². The van der Waals surface area contributed by atoms with Crippen LogP contribution >= 0.6 is 0 Å². The zero-order chi connectivity index (χ0) is 33.1. The lowest BCUT2D eigenvalue weighted by Crippen LogP contribution is -2.58. The maximum Gasteiger partial charge on any atom is 0.408 e. The molecule has 3 N–H and O–H groups in total.